The highest BCUT2D eigenvalue weighted by atomic mass is 32.2. The Labute approximate surface area is 123 Å². The number of rotatable bonds is 7. The third kappa shape index (κ3) is 3.43. The number of carbonyl (C=O) groups is 1. The number of aliphatic hydroxyl groups excluding tert-OH is 2. The van der Waals surface area contributed by atoms with Gasteiger partial charge in [0.05, 0.1) is 20.3 Å². The van der Waals surface area contributed by atoms with Crippen LogP contribution in [0.4, 0.5) is 0 Å². The molecule has 1 aromatic rings. The van der Waals surface area contributed by atoms with E-state index in [2.05, 4.69) is 4.74 Å². The monoisotopic (exact) mass is 321 g/mol. The van der Waals surface area contributed by atoms with Gasteiger partial charge in [0.1, 0.15) is 22.0 Å². The number of methoxy groups -OCH3 is 1. The van der Waals surface area contributed by atoms with Gasteiger partial charge in [0.25, 0.3) is 0 Å². The number of aryl methyl sites for hydroxylation is 2. The molecule has 0 unspecified atom stereocenters. The lowest BCUT2D eigenvalue weighted by atomic mass is 10.2. The fourth-order valence-electron chi connectivity index (χ4n) is 2.02. The number of hydrogen-bond acceptors (Lipinski definition) is 7. The van der Waals surface area contributed by atoms with Gasteiger partial charge in [0.2, 0.25) is 10.0 Å². The van der Waals surface area contributed by atoms with Crippen molar-refractivity contribution in [3.63, 3.8) is 0 Å². The van der Waals surface area contributed by atoms with Gasteiger partial charge in [-0.15, -0.1) is 0 Å². The predicted molar refractivity (Wildman–Crippen MR) is 72.5 cm³/mol. The Balaban J connectivity index is 3.46. The molecule has 9 heteroatoms. The second-order valence-electron chi connectivity index (χ2n) is 4.26. The van der Waals surface area contributed by atoms with Crippen LogP contribution in [-0.4, -0.2) is 62.3 Å². The van der Waals surface area contributed by atoms with E-state index in [1.165, 1.54) is 13.8 Å². The molecule has 1 aromatic heterocycles. The lowest BCUT2D eigenvalue weighted by molar-refractivity contribution is 0.0594. The quantitative estimate of drug-likeness (QED) is 0.660. The summed E-state index contributed by atoms with van der Waals surface area (Å²) in [5.41, 5.74) is -0.170. The van der Waals surface area contributed by atoms with E-state index in [9.17, 15) is 13.2 Å². The Morgan fingerprint density at radius 1 is 1.19 bits per heavy atom. The van der Waals surface area contributed by atoms with E-state index < -0.39 is 29.2 Å². The lowest BCUT2D eigenvalue weighted by Crippen LogP contribution is -2.36. The Bertz CT molecular complexity index is 599. The number of carbonyl (C=O) groups excluding carboxylic acids is 1. The SMILES string of the molecule is COC(=O)c1c(C)oc(C)c1S(=O)(=O)N(CCO)CCO. The number of furan rings is 1. The summed E-state index contributed by atoms with van der Waals surface area (Å²) < 4.78 is 35.9. The van der Waals surface area contributed by atoms with Crippen LogP contribution in [0.5, 0.6) is 0 Å². The minimum Gasteiger partial charge on any atom is -0.465 e. The van der Waals surface area contributed by atoms with E-state index in [4.69, 9.17) is 14.6 Å². The minimum atomic E-state index is -4.10. The van der Waals surface area contributed by atoms with Crippen LogP contribution in [-0.2, 0) is 14.8 Å². The zero-order valence-corrected chi connectivity index (χ0v) is 12.9. The Hall–Kier alpha value is -1.42. The molecule has 0 aliphatic heterocycles. The van der Waals surface area contributed by atoms with Gasteiger partial charge in [-0.2, -0.15) is 4.31 Å². The van der Waals surface area contributed by atoms with E-state index in [0.29, 0.717) is 0 Å². The molecular weight excluding hydrogens is 302 g/mol. The summed E-state index contributed by atoms with van der Waals surface area (Å²) in [7, 11) is -2.96. The number of sulfonamides is 1. The van der Waals surface area contributed by atoms with Crippen molar-refractivity contribution in [3.05, 3.63) is 17.1 Å². The number of esters is 1. The maximum atomic E-state index is 12.6. The molecule has 0 saturated carbocycles. The zero-order valence-electron chi connectivity index (χ0n) is 12.1. The number of nitrogens with zero attached hydrogens (tertiary/aromatic N) is 1. The van der Waals surface area contributed by atoms with Crippen LogP contribution >= 0.6 is 0 Å². The molecule has 8 nitrogen and oxygen atoms in total. The molecule has 120 valence electrons. The van der Waals surface area contributed by atoms with Gasteiger partial charge in [0.15, 0.2) is 0 Å². The van der Waals surface area contributed by atoms with Crippen LogP contribution < -0.4 is 0 Å². The first-order valence-corrected chi connectivity index (χ1v) is 7.65. The molecule has 0 aliphatic rings. The van der Waals surface area contributed by atoms with Gasteiger partial charge in [-0.25, -0.2) is 13.2 Å². The second-order valence-corrected chi connectivity index (χ2v) is 6.14. The van der Waals surface area contributed by atoms with E-state index in [0.717, 1.165) is 11.4 Å². The summed E-state index contributed by atoms with van der Waals surface area (Å²) in [5, 5.41) is 17.9. The normalized spacial score (nSPS) is 11.9. The molecule has 0 atom stereocenters. The van der Waals surface area contributed by atoms with Crippen LogP contribution in [0.25, 0.3) is 0 Å². The van der Waals surface area contributed by atoms with Crippen LogP contribution in [0.3, 0.4) is 0 Å². The van der Waals surface area contributed by atoms with E-state index in [1.54, 1.807) is 0 Å². The Morgan fingerprint density at radius 2 is 1.71 bits per heavy atom. The summed E-state index contributed by atoms with van der Waals surface area (Å²) in [6.07, 6.45) is 0. The zero-order chi connectivity index (χ0) is 16.2. The first kappa shape index (κ1) is 17.6. The summed E-state index contributed by atoms with van der Waals surface area (Å²) in [6, 6.07) is 0. The molecule has 0 saturated heterocycles. The van der Waals surface area contributed by atoms with Crippen molar-refractivity contribution in [1.29, 1.82) is 0 Å². The van der Waals surface area contributed by atoms with Crippen LogP contribution in [0.2, 0.25) is 0 Å². The average Bonchev–Trinajstić information content (AvgIpc) is 2.73. The van der Waals surface area contributed by atoms with Gasteiger partial charge in [-0.1, -0.05) is 0 Å². The maximum Gasteiger partial charge on any atom is 0.342 e. The average molecular weight is 321 g/mol. The highest BCUT2D eigenvalue weighted by Crippen LogP contribution is 2.29. The molecule has 21 heavy (non-hydrogen) atoms. The van der Waals surface area contributed by atoms with E-state index >= 15 is 0 Å². The fourth-order valence-corrected chi connectivity index (χ4v) is 3.81. The molecule has 2 N–H and O–H groups in total. The minimum absolute atomic E-state index is 0.0498. The molecule has 0 bridgehead atoms. The van der Waals surface area contributed by atoms with Crippen molar-refractivity contribution in [2.24, 2.45) is 0 Å². The predicted octanol–water partition coefficient (Wildman–Crippen LogP) is -0.342. The van der Waals surface area contributed by atoms with Gasteiger partial charge < -0.3 is 19.4 Å². The third-order valence-electron chi connectivity index (χ3n) is 2.89. The van der Waals surface area contributed by atoms with Crippen molar-refractivity contribution in [2.75, 3.05) is 33.4 Å². The van der Waals surface area contributed by atoms with Crippen molar-refractivity contribution in [2.45, 2.75) is 18.7 Å². The van der Waals surface area contributed by atoms with Crippen molar-refractivity contribution < 1.29 is 32.6 Å². The highest BCUT2D eigenvalue weighted by molar-refractivity contribution is 7.89. The highest BCUT2D eigenvalue weighted by Gasteiger charge is 2.35. The molecule has 0 aromatic carbocycles. The van der Waals surface area contributed by atoms with Crippen molar-refractivity contribution >= 4 is 16.0 Å². The molecule has 0 aliphatic carbocycles. The number of ether oxygens (including phenoxy) is 1. The summed E-state index contributed by atoms with van der Waals surface area (Å²) in [4.78, 5) is 11.5. The van der Waals surface area contributed by atoms with Gasteiger partial charge in [0, 0.05) is 13.1 Å². The molecule has 0 fully saturated rings. The first-order valence-electron chi connectivity index (χ1n) is 6.21. The van der Waals surface area contributed by atoms with Crippen molar-refractivity contribution in [3.8, 4) is 0 Å². The topological polar surface area (TPSA) is 117 Å². The molecule has 0 spiro atoms. The third-order valence-corrected chi connectivity index (χ3v) is 4.94. The van der Waals surface area contributed by atoms with Gasteiger partial charge in [-0.05, 0) is 13.8 Å². The van der Waals surface area contributed by atoms with E-state index in [1.807, 2.05) is 0 Å². The Kier molecular flexibility index (Phi) is 5.90. The van der Waals surface area contributed by atoms with Gasteiger partial charge in [-0.3, -0.25) is 0 Å². The van der Waals surface area contributed by atoms with Gasteiger partial charge >= 0.3 is 5.97 Å². The van der Waals surface area contributed by atoms with Crippen LogP contribution in [0.15, 0.2) is 9.31 Å². The van der Waals surface area contributed by atoms with Crippen LogP contribution in [0, 0.1) is 13.8 Å². The van der Waals surface area contributed by atoms with E-state index in [-0.39, 0.29) is 35.1 Å². The molecule has 1 rings (SSSR count). The lowest BCUT2D eigenvalue weighted by Gasteiger charge is -2.20. The largest absolute Gasteiger partial charge is 0.465 e. The fraction of sp³-hybridized carbons (Fsp3) is 0.583. The standard InChI is InChI=1S/C12H19NO7S/c1-8-10(12(16)19-3)11(9(2)20-8)21(17,18)13(4-6-14)5-7-15/h14-15H,4-7H2,1-3H3. The molecule has 0 radical (unpaired) electrons. The van der Waals surface area contributed by atoms with Crippen molar-refractivity contribution in [1.82, 2.24) is 4.31 Å². The number of aliphatic hydroxyl groups is 2. The van der Waals surface area contributed by atoms with Crippen LogP contribution in [0.1, 0.15) is 21.9 Å². The Morgan fingerprint density at radius 3 is 2.14 bits per heavy atom. The molecule has 1 heterocycles. The summed E-state index contributed by atoms with van der Waals surface area (Å²) in [6.45, 7) is 1.65. The second kappa shape index (κ2) is 7.03. The molecular formula is C12H19NO7S. The summed E-state index contributed by atoms with van der Waals surface area (Å²) >= 11 is 0. The molecule has 0 amide bonds. The number of hydrogen-bond donors (Lipinski definition) is 2. The maximum absolute atomic E-state index is 12.6. The first-order chi connectivity index (χ1) is 9.81. The smallest absolute Gasteiger partial charge is 0.342 e. The summed E-state index contributed by atoms with van der Waals surface area (Å²) in [5.74, 6) is -0.643.